The number of carboxylic acids is 1. The Balaban J connectivity index is 1.82. The van der Waals surface area contributed by atoms with Crippen molar-refractivity contribution in [3.8, 4) is 11.1 Å². The average molecular weight is 302 g/mol. The SMILES string of the molecule is O=C(O)c1sccc1-c1cccc(NC2CCNCC2)c1. The van der Waals surface area contributed by atoms with Gasteiger partial charge in [0.1, 0.15) is 4.88 Å². The zero-order valence-corrected chi connectivity index (χ0v) is 12.5. The predicted molar refractivity (Wildman–Crippen MR) is 86.2 cm³/mol. The fraction of sp³-hybridized carbons (Fsp3) is 0.312. The summed E-state index contributed by atoms with van der Waals surface area (Å²) in [5.41, 5.74) is 2.80. The van der Waals surface area contributed by atoms with Gasteiger partial charge in [0.05, 0.1) is 0 Å². The average Bonchev–Trinajstić information content (AvgIpc) is 2.98. The molecule has 0 spiro atoms. The molecule has 1 saturated heterocycles. The normalized spacial score (nSPS) is 15.8. The number of carbonyl (C=O) groups is 1. The topological polar surface area (TPSA) is 61.4 Å². The molecule has 0 bridgehead atoms. The van der Waals surface area contributed by atoms with Crippen LogP contribution in [0, 0.1) is 0 Å². The van der Waals surface area contributed by atoms with E-state index in [0.717, 1.165) is 42.7 Å². The van der Waals surface area contributed by atoms with E-state index < -0.39 is 5.97 Å². The summed E-state index contributed by atoms with van der Waals surface area (Å²) in [6.07, 6.45) is 2.23. The van der Waals surface area contributed by atoms with E-state index in [1.54, 1.807) is 0 Å². The van der Waals surface area contributed by atoms with Crippen LogP contribution >= 0.6 is 11.3 Å². The minimum Gasteiger partial charge on any atom is -0.477 e. The molecule has 1 fully saturated rings. The van der Waals surface area contributed by atoms with Crippen LogP contribution in [0.3, 0.4) is 0 Å². The summed E-state index contributed by atoms with van der Waals surface area (Å²) in [7, 11) is 0. The first kappa shape index (κ1) is 14.1. The van der Waals surface area contributed by atoms with Crippen molar-refractivity contribution < 1.29 is 9.90 Å². The fourth-order valence-electron chi connectivity index (χ4n) is 2.68. The minimum atomic E-state index is -0.864. The summed E-state index contributed by atoms with van der Waals surface area (Å²) in [5, 5.41) is 18.0. The second-order valence-electron chi connectivity index (χ2n) is 5.22. The maximum Gasteiger partial charge on any atom is 0.346 e. The Hall–Kier alpha value is -1.85. The summed E-state index contributed by atoms with van der Waals surface area (Å²) in [5.74, 6) is -0.864. The number of hydrogen-bond donors (Lipinski definition) is 3. The molecule has 0 saturated carbocycles. The highest BCUT2D eigenvalue weighted by atomic mass is 32.1. The molecule has 0 radical (unpaired) electrons. The highest BCUT2D eigenvalue weighted by Gasteiger charge is 2.15. The molecule has 5 heteroatoms. The van der Waals surface area contributed by atoms with Crippen LogP contribution in [-0.4, -0.2) is 30.2 Å². The lowest BCUT2D eigenvalue weighted by molar-refractivity contribution is 0.0703. The third kappa shape index (κ3) is 3.25. The van der Waals surface area contributed by atoms with E-state index in [-0.39, 0.29) is 0 Å². The third-order valence-corrected chi connectivity index (χ3v) is 4.65. The van der Waals surface area contributed by atoms with Gasteiger partial charge >= 0.3 is 5.97 Å². The quantitative estimate of drug-likeness (QED) is 0.811. The first-order valence-electron chi connectivity index (χ1n) is 7.12. The Labute approximate surface area is 127 Å². The van der Waals surface area contributed by atoms with E-state index in [2.05, 4.69) is 10.6 Å². The van der Waals surface area contributed by atoms with Crippen LogP contribution in [0.5, 0.6) is 0 Å². The van der Waals surface area contributed by atoms with Crippen LogP contribution in [0.1, 0.15) is 22.5 Å². The molecule has 1 aliphatic heterocycles. The van der Waals surface area contributed by atoms with E-state index in [4.69, 9.17) is 0 Å². The van der Waals surface area contributed by atoms with Crippen LogP contribution < -0.4 is 10.6 Å². The van der Waals surface area contributed by atoms with Gasteiger partial charge in [0, 0.05) is 17.3 Å². The van der Waals surface area contributed by atoms with E-state index in [1.165, 1.54) is 11.3 Å². The third-order valence-electron chi connectivity index (χ3n) is 3.74. The molecule has 0 atom stereocenters. The van der Waals surface area contributed by atoms with Gasteiger partial charge in [0.2, 0.25) is 0 Å². The number of aromatic carboxylic acids is 1. The molecular formula is C16H18N2O2S. The van der Waals surface area contributed by atoms with Crippen LogP contribution in [0.4, 0.5) is 5.69 Å². The molecule has 3 N–H and O–H groups in total. The van der Waals surface area contributed by atoms with Crippen molar-refractivity contribution in [2.75, 3.05) is 18.4 Å². The Kier molecular flexibility index (Phi) is 4.22. The molecule has 3 rings (SSSR count). The number of hydrogen-bond acceptors (Lipinski definition) is 4. The van der Waals surface area contributed by atoms with Crippen LogP contribution in [0.25, 0.3) is 11.1 Å². The number of anilines is 1. The van der Waals surface area contributed by atoms with Crippen molar-refractivity contribution in [1.29, 1.82) is 0 Å². The molecule has 0 unspecified atom stereocenters. The molecule has 1 aromatic heterocycles. The summed E-state index contributed by atoms with van der Waals surface area (Å²) in [4.78, 5) is 11.6. The predicted octanol–water partition coefficient (Wildman–Crippen LogP) is 3.28. The van der Waals surface area contributed by atoms with Gasteiger partial charge in [-0.15, -0.1) is 11.3 Å². The van der Waals surface area contributed by atoms with E-state index in [0.29, 0.717) is 10.9 Å². The van der Waals surface area contributed by atoms with E-state index >= 15 is 0 Å². The van der Waals surface area contributed by atoms with Gasteiger partial charge < -0.3 is 15.7 Å². The lowest BCUT2D eigenvalue weighted by Crippen LogP contribution is -2.35. The van der Waals surface area contributed by atoms with Crippen molar-refractivity contribution in [1.82, 2.24) is 5.32 Å². The maximum absolute atomic E-state index is 11.2. The highest BCUT2D eigenvalue weighted by Crippen LogP contribution is 2.30. The number of piperidine rings is 1. The molecule has 4 nitrogen and oxygen atoms in total. The summed E-state index contributed by atoms with van der Waals surface area (Å²) < 4.78 is 0. The van der Waals surface area contributed by atoms with Crippen LogP contribution in [0.15, 0.2) is 35.7 Å². The maximum atomic E-state index is 11.2. The number of thiophene rings is 1. The van der Waals surface area contributed by atoms with Gasteiger partial charge in [0.25, 0.3) is 0 Å². The van der Waals surface area contributed by atoms with Crippen LogP contribution in [-0.2, 0) is 0 Å². The Morgan fingerprint density at radius 3 is 2.86 bits per heavy atom. The van der Waals surface area contributed by atoms with Crippen molar-refractivity contribution in [3.05, 3.63) is 40.6 Å². The lowest BCUT2D eigenvalue weighted by Gasteiger charge is -2.24. The van der Waals surface area contributed by atoms with E-state index in [1.807, 2.05) is 35.7 Å². The first-order chi connectivity index (χ1) is 10.2. The van der Waals surface area contributed by atoms with Gasteiger partial charge in [-0.2, -0.15) is 0 Å². The molecule has 2 heterocycles. The number of carboxylic acid groups (broad SMARTS) is 1. The smallest absolute Gasteiger partial charge is 0.346 e. The zero-order valence-electron chi connectivity index (χ0n) is 11.6. The zero-order chi connectivity index (χ0) is 14.7. The van der Waals surface area contributed by atoms with Crippen molar-refractivity contribution in [3.63, 3.8) is 0 Å². The minimum absolute atomic E-state index is 0.397. The monoisotopic (exact) mass is 302 g/mol. The summed E-state index contributed by atoms with van der Waals surface area (Å²) in [6, 6.07) is 10.4. The number of nitrogens with one attached hydrogen (secondary N) is 2. The first-order valence-corrected chi connectivity index (χ1v) is 8.00. The lowest BCUT2D eigenvalue weighted by atomic mass is 10.0. The molecule has 1 aromatic carbocycles. The molecular weight excluding hydrogens is 284 g/mol. The van der Waals surface area contributed by atoms with Gasteiger partial charge in [-0.05, 0) is 55.1 Å². The van der Waals surface area contributed by atoms with Crippen molar-refractivity contribution in [2.45, 2.75) is 18.9 Å². The Bertz CT molecular complexity index is 633. The Morgan fingerprint density at radius 2 is 2.10 bits per heavy atom. The van der Waals surface area contributed by atoms with Gasteiger partial charge in [-0.25, -0.2) is 4.79 Å². The Morgan fingerprint density at radius 1 is 1.29 bits per heavy atom. The largest absolute Gasteiger partial charge is 0.477 e. The van der Waals surface area contributed by atoms with Crippen molar-refractivity contribution in [2.24, 2.45) is 0 Å². The molecule has 110 valence electrons. The van der Waals surface area contributed by atoms with Crippen molar-refractivity contribution >= 4 is 23.0 Å². The van der Waals surface area contributed by atoms with E-state index in [9.17, 15) is 9.90 Å². The second kappa shape index (κ2) is 6.28. The molecule has 21 heavy (non-hydrogen) atoms. The fourth-order valence-corrected chi connectivity index (χ4v) is 3.43. The van der Waals surface area contributed by atoms with Crippen LogP contribution in [0.2, 0.25) is 0 Å². The van der Waals surface area contributed by atoms with Gasteiger partial charge in [0.15, 0.2) is 0 Å². The highest BCUT2D eigenvalue weighted by molar-refractivity contribution is 7.12. The second-order valence-corrected chi connectivity index (χ2v) is 6.13. The number of rotatable bonds is 4. The summed E-state index contributed by atoms with van der Waals surface area (Å²) >= 11 is 1.27. The van der Waals surface area contributed by atoms with Gasteiger partial charge in [-0.1, -0.05) is 12.1 Å². The molecule has 1 aliphatic rings. The number of benzene rings is 1. The summed E-state index contributed by atoms with van der Waals surface area (Å²) in [6.45, 7) is 2.09. The molecule has 2 aromatic rings. The molecule has 0 amide bonds. The van der Waals surface area contributed by atoms with Gasteiger partial charge in [-0.3, -0.25) is 0 Å². The standard InChI is InChI=1S/C16H18N2O2S/c19-16(20)15-14(6-9-21-15)11-2-1-3-13(10-11)18-12-4-7-17-8-5-12/h1-3,6,9-10,12,17-18H,4-5,7-8H2,(H,19,20). The molecule has 0 aliphatic carbocycles.